The zero-order chi connectivity index (χ0) is 15.9. The van der Waals surface area contributed by atoms with Crippen LogP contribution >= 0.6 is 0 Å². The van der Waals surface area contributed by atoms with E-state index in [1.807, 2.05) is 32.0 Å². The smallest absolute Gasteiger partial charge is 0.235 e. The van der Waals surface area contributed by atoms with Gasteiger partial charge in [-0.1, -0.05) is 30.3 Å². The molecule has 1 aromatic rings. The van der Waals surface area contributed by atoms with Gasteiger partial charge >= 0.3 is 0 Å². The van der Waals surface area contributed by atoms with Gasteiger partial charge < -0.3 is 10.6 Å². The molecule has 4 nitrogen and oxygen atoms in total. The highest BCUT2D eigenvalue weighted by Gasteiger charge is 2.35. The van der Waals surface area contributed by atoms with E-state index in [2.05, 4.69) is 22.8 Å². The Labute approximate surface area is 127 Å². The molecule has 1 rings (SSSR count). The van der Waals surface area contributed by atoms with Crippen molar-refractivity contribution in [3.63, 3.8) is 0 Å². The van der Waals surface area contributed by atoms with Gasteiger partial charge in [-0.05, 0) is 46.1 Å². The summed E-state index contributed by atoms with van der Waals surface area (Å²) >= 11 is 0. The van der Waals surface area contributed by atoms with E-state index in [1.165, 1.54) is 5.56 Å². The van der Waals surface area contributed by atoms with Crippen molar-refractivity contribution in [1.82, 2.24) is 10.6 Å². The maximum absolute atomic E-state index is 12.1. The fraction of sp³-hybridized carbons (Fsp3) is 0.529. The number of hydrogen-bond acceptors (Lipinski definition) is 2. The Morgan fingerprint density at radius 3 is 2.29 bits per heavy atom. The number of hydrogen-bond donors (Lipinski definition) is 2. The van der Waals surface area contributed by atoms with E-state index < -0.39 is 5.41 Å². The van der Waals surface area contributed by atoms with Crippen LogP contribution in [0.1, 0.15) is 39.7 Å². The summed E-state index contributed by atoms with van der Waals surface area (Å²) in [5.41, 5.74) is 0.209. The molecule has 0 heterocycles. The third-order valence-corrected chi connectivity index (χ3v) is 3.33. The number of aryl methyl sites for hydroxylation is 1. The highest BCUT2D eigenvalue weighted by molar-refractivity contribution is 6.04. The zero-order valence-electron chi connectivity index (χ0n) is 13.4. The molecule has 0 atom stereocenters. The van der Waals surface area contributed by atoms with Gasteiger partial charge in [0.25, 0.3) is 0 Å². The van der Waals surface area contributed by atoms with Gasteiger partial charge in [-0.25, -0.2) is 0 Å². The second-order valence-electron chi connectivity index (χ2n) is 6.10. The van der Waals surface area contributed by atoms with Crippen LogP contribution in [-0.2, 0) is 16.0 Å². The third-order valence-electron chi connectivity index (χ3n) is 3.33. The number of amides is 2. The minimum Gasteiger partial charge on any atom is -0.355 e. The van der Waals surface area contributed by atoms with Crippen molar-refractivity contribution < 1.29 is 9.59 Å². The SMILES string of the molecule is CC(C)NC(=O)C(C)(C)C(=O)NCCCc1ccccc1. The molecule has 21 heavy (non-hydrogen) atoms. The van der Waals surface area contributed by atoms with Gasteiger partial charge in [0.05, 0.1) is 0 Å². The lowest BCUT2D eigenvalue weighted by Gasteiger charge is -2.24. The molecule has 0 aliphatic carbocycles. The first-order valence-corrected chi connectivity index (χ1v) is 7.47. The number of carbonyl (C=O) groups is 2. The predicted molar refractivity (Wildman–Crippen MR) is 84.8 cm³/mol. The average Bonchev–Trinajstić information content (AvgIpc) is 2.43. The monoisotopic (exact) mass is 290 g/mol. The molecule has 0 fully saturated rings. The molecule has 1 aromatic carbocycles. The first kappa shape index (κ1) is 17.2. The van der Waals surface area contributed by atoms with Crippen LogP contribution in [0.5, 0.6) is 0 Å². The Kier molecular flexibility index (Phi) is 6.40. The predicted octanol–water partition coefficient (Wildman–Crippen LogP) is 2.29. The van der Waals surface area contributed by atoms with Gasteiger partial charge in [0.15, 0.2) is 0 Å². The second kappa shape index (κ2) is 7.81. The van der Waals surface area contributed by atoms with E-state index in [0.29, 0.717) is 6.54 Å². The number of nitrogens with one attached hydrogen (secondary N) is 2. The first-order chi connectivity index (χ1) is 9.84. The fourth-order valence-electron chi connectivity index (χ4n) is 1.91. The molecule has 0 radical (unpaired) electrons. The zero-order valence-corrected chi connectivity index (χ0v) is 13.4. The summed E-state index contributed by atoms with van der Waals surface area (Å²) in [6.07, 6.45) is 1.78. The summed E-state index contributed by atoms with van der Waals surface area (Å²) in [7, 11) is 0. The summed E-state index contributed by atoms with van der Waals surface area (Å²) in [6.45, 7) is 7.64. The van der Waals surface area contributed by atoms with E-state index in [9.17, 15) is 9.59 Å². The second-order valence-corrected chi connectivity index (χ2v) is 6.10. The minimum atomic E-state index is -1.04. The number of benzene rings is 1. The molecule has 2 N–H and O–H groups in total. The van der Waals surface area contributed by atoms with Crippen LogP contribution in [0.4, 0.5) is 0 Å². The van der Waals surface area contributed by atoms with E-state index in [-0.39, 0.29) is 17.9 Å². The molecular formula is C17H26N2O2. The lowest BCUT2D eigenvalue weighted by Crippen LogP contribution is -2.49. The molecule has 0 saturated heterocycles. The molecule has 4 heteroatoms. The molecule has 0 aliphatic rings. The maximum Gasteiger partial charge on any atom is 0.235 e. The molecule has 2 amide bonds. The van der Waals surface area contributed by atoms with Gasteiger partial charge in [0.1, 0.15) is 5.41 Å². The van der Waals surface area contributed by atoms with Crippen LogP contribution in [-0.4, -0.2) is 24.4 Å². The first-order valence-electron chi connectivity index (χ1n) is 7.47. The lowest BCUT2D eigenvalue weighted by molar-refractivity contribution is -0.141. The van der Waals surface area contributed by atoms with Crippen LogP contribution < -0.4 is 10.6 Å². The molecule has 0 spiro atoms. The van der Waals surface area contributed by atoms with Crippen molar-refractivity contribution in [3.05, 3.63) is 35.9 Å². The summed E-state index contributed by atoms with van der Waals surface area (Å²) in [4.78, 5) is 24.1. The standard InChI is InChI=1S/C17H26N2O2/c1-13(2)19-16(21)17(3,4)15(20)18-12-8-11-14-9-6-5-7-10-14/h5-7,9-10,13H,8,11-12H2,1-4H3,(H,18,20)(H,19,21). The van der Waals surface area contributed by atoms with Crippen LogP contribution in [0.15, 0.2) is 30.3 Å². The van der Waals surface area contributed by atoms with Gasteiger partial charge in [-0.15, -0.1) is 0 Å². The molecule has 0 unspecified atom stereocenters. The Hall–Kier alpha value is -1.84. The van der Waals surface area contributed by atoms with Crippen LogP contribution in [0, 0.1) is 5.41 Å². The number of rotatable bonds is 7. The minimum absolute atomic E-state index is 0.0302. The van der Waals surface area contributed by atoms with Crippen molar-refractivity contribution in [2.24, 2.45) is 5.41 Å². The van der Waals surface area contributed by atoms with Crippen molar-refractivity contribution >= 4 is 11.8 Å². The fourth-order valence-corrected chi connectivity index (χ4v) is 1.91. The van der Waals surface area contributed by atoms with Crippen molar-refractivity contribution in [1.29, 1.82) is 0 Å². The van der Waals surface area contributed by atoms with Crippen molar-refractivity contribution in [2.75, 3.05) is 6.54 Å². The van der Waals surface area contributed by atoms with Crippen molar-refractivity contribution in [3.8, 4) is 0 Å². The Morgan fingerprint density at radius 2 is 1.71 bits per heavy atom. The topological polar surface area (TPSA) is 58.2 Å². The molecule has 0 bridgehead atoms. The summed E-state index contributed by atoms with van der Waals surface area (Å²) < 4.78 is 0. The summed E-state index contributed by atoms with van der Waals surface area (Å²) in [6, 6.07) is 10.2. The lowest BCUT2D eigenvalue weighted by atomic mass is 9.90. The Balaban J connectivity index is 2.37. The highest BCUT2D eigenvalue weighted by atomic mass is 16.2. The van der Waals surface area contributed by atoms with Crippen LogP contribution in [0.2, 0.25) is 0 Å². The van der Waals surface area contributed by atoms with Gasteiger partial charge in [0.2, 0.25) is 11.8 Å². The molecule has 0 aliphatic heterocycles. The largest absolute Gasteiger partial charge is 0.355 e. The quantitative estimate of drug-likeness (QED) is 0.598. The molecule has 116 valence electrons. The van der Waals surface area contributed by atoms with Crippen LogP contribution in [0.25, 0.3) is 0 Å². The van der Waals surface area contributed by atoms with Gasteiger partial charge in [-0.3, -0.25) is 9.59 Å². The maximum atomic E-state index is 12.1. The summed E-state index contributed by atoms with van der Waals surface area (Å²) in [5, 5.41) is 5.63. The van der Waals surface area contributed by atoms with Crippen LogP contribution in [0.3, 0.4) is 0 Å². The molecule has 0 saturated carbocycles. The Bertz CT molecular complexity index is 467. The normalized spacial score (nSPS) is 11.3. The van der Waals surface area contributed by atoms with Gasteiger partial charge in [-0.2, -0.15) is 0 Å². The van der Waals surface area contributed by atoms with Gasteiger partial charge in [0, 0.05) is 12.6 Å². The summed E-state index contributed by atoms with van der Waals surface area (Å²) in [5.74, 6) is -0.466. The average molecular weight is 290 g/mol. The van der Waals surface area contributed by atoms with E-state index >= 15 is 0 Å². The molecular weight excluding hydrogens is 264 g/mol. The van der Waals surface area contributed by atoms with Crippen molar-refractivity contribution in [2.45, 2.75) is 46.6 Å². The Morgan fingerprint density at radius 1 is 1.10 bits per heavy atom. The van der Waals surface area contributed by atoms with E-state index in [0.717, 1.165) is 12.8 Å². The third kappa shape index (κ3) is 5.58. The highest BCUT2D eigenvalue weighted by Crippen LogP contribution is 2.15. The van der Waals surface area contributed by atoms with E-state index in [4.69, 9.17) is 0 Å². The van der Waals surface area contributed by atoms with E-state index in [1.54, 1.807) is 13.8 Å². The molecule has 0 aromatic heterocycles. The number of carbonyl (C=O) groups excluding carboxylic acids is 2.